The molecule has 0 fully saturated rings. The van der Waals surface area contributed by atoms with Crippen molar-refractivity contribution in [1.82, 2.24) is 15.0 Å². The third-order valence-electron chi connectivity index (χ3n) is 2.50. The van der Waals surface area contributed by atoms with Crippen molar-refractivity contribution in [2.24, 2.45) is 0 Å². The Morgan fingerprint density at radius 2 is 1.83 bits per heavy atom. The van der Waals surface area contributed by atoms with E-state index in [1.54, 1.807) is 6.20 Å². The van der Waals surface area contributed by atoms with Crippen LogP contribution in [-0.4, -0.2) is 27.8 Å². The van der Waals surface area contributed by atoms with Crippen LogP contribution in [0.2, 0.25) is 0 Å². The van der Waals surface area contributed by atoms with E-state index in [0.717, 1.165) is 11.1 Å². The van der Waals surface area contributed by atoms with Gasteiger partial charge in [-0.1, -0.05) is 6.07 Å². The fraction of sp³-hybridized carbons (Fsp3) is 0.231. The van der Waals surface area contributed by atoms with E-state index >= 15 is 0 Å². The molecular formula is C13H13N3O2. The number of rotatable bonds is 3. The molecule has 0 atom stereocenters. The number of hydrogen-bond acceptors (Lipinski definition) is 5. The molecule has 92 valence electrons. The van der Waals surface area contributed by atoms with E-state index in [9.17, 15) is 4.79 Å². The van der Waals surface area contributed by atoms with Crippen molar-refractivity contribution in [2.75, 3.05) is 7.11 Å². The summed E-state index contributed by atoms with van der Waals surface area (Å²) in [5.74, 6) is -0.0678. The van der Waals surface area contributed by atoms with Gasteiger partial charge in [0, 0.05) is 18.6 Å². The van der Waals surface area contributed by atoms with Crippen molar-refractivity contribution < 1.29 is 9.53 Å². The molecule has 2 heterocycles. The Kier molecular flexibility index (Phi) is 3.32. The summed E-state index contributed by atoms with van der Waals surface area (Å²) in [6.45, 7) is 3.77. The fourth-order valence-electron chi connectivity index (χ4n) is 1.70. The minimum Gasteiger partial charge on any atom is -0.479 e. The second-order valence-electron chi connectivity index (χ2n) is 3.92. The lowest BCUT2D eigenvalue weighted by atomic mass is 10.1. The van der Waals surface area contributed by atoms with Crippen LogP contribution in [0.4, 0.5) is 0 Å². The molecule has 0 aliphatic heterocycles. The molecule has 5 heteroatoms. The van der Waals surface area contributed by atoms with Gasteiger partial charge in [-0.15, -0.1) is 0 Å². The fourth-order valence-corrected chi connectivity index (χ4v) is 1.70. The van der Waals surface area contributed by atoms with Crippen LogP contribution in [0.5, 0.6) is 5.88 Å². The van der Waals surface area contributed by atoms with Crippen molar-refractivity contribution in [3.8, 4) is 5.88 Å². The molecule has 18 heavy (non-hydrogen) atoms. The number of carbonyl (C=O) groups excluding carboxylic acids is 1. The SMILES string of the molecule is COc1nccnc1C(=O)c1ncc(C)cc1C. The van der Waals surface area contributed by atoms with Gasteiger partial charge in [0.2, 0.25) is 11.7 Å². The quantitative estimate of drug-likeness (QED) is 0.768. The Balaban J connectivity index is 2.48. The van der Waals surface area contributed by atoms with Gasteiger partial charge in [-0.3, -0.25) is 9.78 Å². The Bertz CT molecular complexity index is 597. The van der Waals surface area contributed by atoms with Gasteiger partial charge >= 0.3 is 0 Å². The number of pyridine rings is 1. The van der Waals surface area contributed by atoms with Crippen LogP contribution < -0.4 is 4.74 Å². The Hall–Kier alpha value is -2.30. The molecule has 0 unspecified atom stereocenters. The van der Waals surface area contributed by atoms with Gasteiger partial charge in [0.15, 0.2) is 5.69 Å². The zero-order valence-electron chi connectivity index (χ0n) is 10.5. The maximum Gasteiger partial charge on any atom is 0.243 e. The average molecular weight is 243 g/mol. The van der Waals surface area contributed by atoms with Crippen LogP contribution in [0, 0.1) is 13.8 Å². The second kappa shape index (κ2) is 4.91. The van der Waals surface area contributed by atoms with E-state index in [2.05, 4.69) is 15.0 Å². The van der Waals surface area contributed by atoms with E-state index in [-0.39, 0.29) is 17.4 Å². The van der Waals surface area contributed by atoms with Gasteiger partial charge in [0.25, 0.3) is 0 Å². The number of aromatic nitrogens is 3. The van der Waals surface area contributed by atoms with Crippen LogP contribution in [-0.2, 0) is 0 Å². The zero-order chi connectivity index (χ0) is 13.1. The molecule has 0 aliphatic carbocycles. The first-order chi connectivity index (χ1) is 8.63. The first-order valence-electron chi connectivity index (χ1n) is 5.46. The number of carbonyl (C=O) groups is 1. The maximum absolute atomic E-state index is 12.3. The lowest BCUT2D eigenvalue weighted by Gasteiger charge is -2.06. The molecule has 0 aromatic carbocycles. The topological polar surface area (TPSA) is 65.0 Å². The van der Waals surface area contributed by atoms with Gasteiger partial charge in [-0.05, 0) is 25.0 Å². The molecule has 5 nitrogen and oxygen atoms in total. The number of nitrogens with zero attached hydrogens (tertiary/aromatic N) is 3. The van der Waals surface area contributed by atoms with Crippen LogP contribution in [0.3, 0.4) is 0 Å². The molecule has 2 aromatic rings. The summed E-state index contributed by atoms with van der Waals surface area (Å²) in [6.07, 6.45) is 4.59. The third-order valence-corrected chi connectivity index (χ3v) is 2.50. The number of hydrogen-bond donors (Lipinski definition) is 0. The molecular weight excluding hydrogens is 230 g/mol. The second-order valence-corrected chi connectivity index (χ2v) is 3.92. The molecule has 0 saturated carbocycles. The average Bonchev–Trinajstić information content (AvgIpc) is 2.38. The number of aryl methyl sites for hydroxylation is 2. The predicted octanol–water partition coefficient (Wildman–Crippen LogP) is 1.73. The van der Waals surface area contributed by atoms with Crippen LogP contribution in [0.25, 0.3) is 0 Å². The van der Waals surface area contributed by atoms with E-state index in [0.29, 0.717) is 5.69 Å². The molecule has 0 amide bonds. The minimum absolute atomic E-state index is 0.180. The minimum atomic E-state index is -0.280. The standard InChI is InChI=1S/C13H13N3O2/c1-8-6-9(2)10(16-7-8)12(17)11-13(18-3)15-5-4-14-11/h4-7H,1-3H3. The van der Waals surface area contributed by atoms with Crippen LogP contribution in [0.1, 0.15) is 27.3 Å². The summed E-state index contributed by atoms with van der Waals surface area (Å²) < 4.78 is 5.03. The number of methoxy groups -OCH3 is 1. The van der Waals surface area contributed by atoms with E-state index in [1.165, 1.54) is 19.5 Å². The van der Waals surface area contributed by atoms with E-state index in [1.807, 2.05) is 19.9 Å². The lowest BCUT2D eigenvalue weighted by Crippen LogP contribution is -2.11. The van der Waals surface area contributed by atoms with Gasteiger partial charge in [-0.25, -0.2) is 9.97 Å². The van der Waals surface area contributed by atoms with Crippen molar-refractivity contribution in [3.05, 3.63) is 47.2 Å². The van der Waals surface area contributed by atoms with Crippen LogP contribution in [0.15, 0.2) is 24.7 Å². The summed E-state index contributed by atoms with van der Waals surface area (Å²) in [5, 5.41) is 0. The number of ketones is 1. The van der Waals surface area contributed by atoms with Crippen LogP contribution >= 0.6 is 0 Å². The molecule has 0 radical (unpaired) electrons. The van der Waals surface area contributed by atoms with Crippen molar-refractivity contribution >= 4 is 5.78 Å². The summed E-state index contributed by atoms with van der Waals surface area (Å²) >= 11 is 0. The normalized spacial score (nSPS) is 10.2. The maximum atomic E-state index is 12.3. The van der Waals surface area contributed by atoms with Gasteiger partial charge in [0.05, 0.1) is 7.11 Å². The summed E-state index contributed by atoms with van der Waals surface area (Å²) in [5.41, 5.74) is 2.38. The summed E-state index contributed by atoms with van der Waals surface area (Å²) in [6, 6.07) is 1.91. The highest BCUT2D eigenvalue weighted by Crippen LogP contribution is 2.17. The molecule has 2 aromatic heterocycles. The Labute approximate surface area is 105 Å². The highest BCUT2D eigenvalue weighted by Gasteiger charge is 2.19. The molecule has 0 spiro atoms. The van der Waals surface area contributed by atoms with E-state index < -0.39 is 0 Å². The predicted molar refractivity (Wildman–Crippen MR) is 65.7 cm³/mol. The molecule has 0 N–H and O–H groups in total. The molecule has 2 rings (SSSR count). The lowest BCUT2D eigenvalue weighted by molar-refractivity contribution is 0.102. The molecule has 0 saturated heterocycles. The van der Waals surface area contributed by atoms with Gasteiger partial charge in [0.1, 0.15) is 5.69 Å². The van der Waals surface area contributed by atoms with Crippen molar-refractivity contribution in [3.63, 3.8) is 0 Å². The highest BCUT2D eigenvalue weighted by atomic mass is 16.5. The highest BCUT2D eigenvalue weighted by molar-refractivity contribution is 6.08. The monoisotopic (exact) mass is 243 g/mol. The zero-order valence-corrected chi connectivity index (χ0v) is 10.5. The Morgan fingerprint density at radius 3 is 2.50 bits per heavy atom. The summed E-state index contributed by atoms with van der Waals surface area (Å²) in [7, 11) is 1.45. The largest absolute Gasteiger partial charge is 0.479 e. The smallest absolute Gasteiger partial charge is 0.243 e. The number of ether oxygens (including phenoxy) is 1. The van der Waals surface area contributed by atoms with Gasteiger partial charge < -0.3 is 4.74 Å². The molecule has 0 aliphatic rings. The van der Waals surface area contributed by atoms with E-state index in [4.69, 9.17) is 4.74 Å². The third kappa shape index (κ3) is 2.20. The molecule has 0 bridgehead atoms. The first-order valence-corrected chi connectivity index (χ1v) is 5.46. The Morgan fingerprint density at radius 1 is 1.11 bits per heavy atom. The van der Waals surface area contributed by atoms with Crippen molar-refractivity contribution in [2.45, 2.75) is 13.8 Å². The van der Waals surface area contributed by atoms with Crippen molar-refractivity contribution in [1.29, 1.82) is 0 Å². The van der Waals surface area contributed by atoms with Gasteiger partial charge in [-0.2, -0.15) is 0 Å². The first kappa shape index (κ1) is 12.2. The summed E-state index contributed by atoms with van der Waals surface area (Å²) in [4.78, 5) is 24.4.